The van der Waals surface area contributed by atoms with Crippen LogP contribution in [0.2, 0.25) is 0 Å². The van der Waals surface area contributed by atoms with Crippen LogP contribution in [0.25, 0.3) is 0 Å². The third-order valence-electron chi connectivity index (χ3n) is 2.18. The molecule has 1 fully saturated rings. The van der Waals surface area contributed by atoms with Gasteiger partial charge in [-0.1, -0.05) is 15.9 Å². The minimum atomic E-state index is 0.0744. The molecule has 1 N–H and O–H groups in total. The molecule has 2 atom stereocenters. The standard InChI is InChI=1S/C9H16BrNO2/c1-7-5-8(6-13-7)9(12)11-4-2-3-10/h7-8H,2-6H2,1H3,(H,11,12). The van der Waals surface area contributed by atoms with E-state index in [1.165, 1.54) is 0 Å². The number of carbonyl (C=O) groups excluding carboxylic acids is 1. The molecule has 0 bridgehead atoms. The molecule has 1 aliphatic rings. The van der Waals surface area contributed by atoms with Gasteiger partial charge in [-0.05, 0) is 19.8 Å². The van der Waals surface area contributed by atoms with E-state index in [9.17, 15) is 4.79 Å². The van der Waals surface area contributed by atoms with E-state index in [1.54, 1.807) is 0 Å². The molecule has 2 unspecified atom stereocenters. The highest BCUT2D eigenvalue weighted by molar-refractivity contribution is 9.09. The van der Waals surface area contributed by atoms with Crippen molar-refractivity contribution in [1.29, 1.82) is 0 Å². The Morgan fingerprint density at radius 1 is 1.69 bits per heavy atom. The van der Waals surface area contributed by atoms with Gasteiger partial charge in [-0.15, -0.1) is 0 Å². The van der Waals surface area contributed by atoms with Crippen LogP contribution in [0.3, 0.4) is 0 Å². The van der Waals surface area contributed by atoms with Gasteiger partial charge >= 0.3 is 0 Å². The molecule has 0 aromatic heterocycles. The average Bonchev–Trinajstić information content (AvgIpc) is 2.52. The molecule has 1 rings (SSSR count). The zero-order chi connectivity index (χ0) is 9.68. The topological polar surface area (TPSA) is 38.3 Å². The number of carbonyl (C=O) groups is 1. The predicted molar refractivity (Wildman–Crippen MR) is 54.9 cm³/mol. The zero-order valence-corrected chi connectivity index (χ0v) is 9.47. The molecule has 76 valence electrons. The van der Waals surface area contributed by atoms with Gasteiger partial charge in [0.15, 0.2) is 0 Å². The molecule has 0 spiro atoms. The highest BCUT2D eigenvalue weighted by Gasteiger charge is 2.27. The van der Waals surface area contributed by atoms with E-state index >= 15 is 0 Å². The van der Waals surface area contributed by atoms with Gasteiger partial charge < -0.3 is 10.1 Å². The second kappa shape index (κ2) is 5.60. The molecule has 4 heteroatoms. The molecular weight excluding hydrogens is 234 g/mol. The van der Waals surface area contributed by atoms with Crippen LogP contribution >= 0.6 is 15.9 Å². The van der Waals surface area contributed by atoms with Gasteiger partial charge in [-0.2, -0.15) is 0 Å². The summed E-state index contributed by atoms with van der Waals surface area (Å²) in [5, 5.41) is 3.83. The number of alkyl halides is 1. The van der Waals surface area contributed by atoms with Gasteiger partial charge in [0, 0.05) is 11.9 Å². The van der Waals surface area contributed by atoms with Gasteiger partial charge in [0.05, 0.1) is 18.6 Å². The first-order chi connectivity index (χ1) is 6.24. The second-order valence-corrected chi connectivity index (χ2v) is 4.20. The van der Waals surface area contributed by atoms with Crippen LogP contribution in [0.4, 0.5) is 0 Å². The minimum absolute atomic E-state index is 0.0744. The molecule has 0 saturated carbocycles. The Morgan fingerprint density at radius 3 is 3.00 bits per heavy atom. The van der Waals surface area contributed by atoms with Crippen LogP contribution in [0.15, 0.2) is 0 Å². The van der Waals surface area contributed by atoms with Gasteiger partial charge in [0.2, 0.25) is 5.91 Å². The summed E-state index contributed by atoms with van der Waals surface area (Å²) in [6.45, 7) is 3.35. The normalized spacial score (nSPS) is 27.5. The molecule has 0 radical (unpaired) electrons. The number of ether oxygens (including phenoxy) is 1. The van der Waals surface area contributed by atoms with Crippen molar-refractivity contribution in [2.75, 3.05) is 18.5 Å². The van der Waals surface area contributed by atoms with Crippen molar-refractivity contribution in [3.8, 4) is 0 Å². The van der Waals surface area contributed by atoms with Gasteiger partial charge in [0.1, 0.15) is 0 Å². The molecule has 1 aliphatic heterocycles. The van der Waals surface area contributed by atoms with E-state index in [1.807, 2.05) is 6.92 Å². The first-order valence-corrected chi connectivity index (χ1v) is 5.81. The summed E-state index contributed by atoms with van der Waals surface area (Å²) in [5.74, 6) is 0.218. The van der Waals surface area contributed by atoms with Crippen LogP contribution in [0, 0.1) is 5.92 Å². The van der Waals surface area contributed by atoms with E-state index in [0.717, 1.165) is 24.7 Å². The maximum Gasteiger partial charge on any atom is 0.225 e. The summed E-state index contributed by atoms with van der Waals surface area (Å²) < 4.78 is 5.32. The van der Waals surface area contributed by atoms with Crippen molar-refractivity contribution in [3.63, 3.8) is 0 Å². The quantitative estimate of drug-likeness (QED) is 0.603. The average molecular weight is 250 g/mol. The Kier molecular flexibility index (Phi) is 4.73. The highest BCUT2D eigenvalue weighted by atomic mass is 79.9. The van der Waals surface area contributed by atoms with E-state index < -0.39 is 0 Å². The number of amides is 1. The van der Waals surface area contributed by atoms with Crippen LogP contribution in [-0.2, 0) is 9.53 Å². The van der Waals surface area contributed by atoms with Gasteiger partial charge in [-0.3, -0.25) is 4.79 Å². The lowest BCUT2D eigenvalue weighted by molar-refractivity contribution is -0.124. The fourth-order valence-corrected chi connectivity index (χ4v) is 1.70. The van der Waals surface area contributed by atoms with Gasteiger partial charge in [-0.25, -0.2) is 0 Å². The largest absolute Gasteiger partial charge is 0.378 e. The maximum absolute atomic E-state index is 11.5. The molecule has 0 aromatic rings. The summed E-state index contributed by atoms with van der Waals surface area (Å²) in [4.78, 5) is 11.5. The van der Waals surface area contributed by atoms with Crippen LogP contribution in [0.5, 0.6) is 0 Å². The lowest BCUT2D eigenvalue weighted by Gasteiger charge is -2.08. The lowest BCUT2D eigenvalue weighted by atomic mass is 10.1. The number of rotatable bonds is 4. The summed E-state index contributed by atoms with van der Waals surface area (Å²) in [6.07, 6.45) is 2.08. The second-order valence-electron chi connectivity index (χ2n) is 3.41. The lowest BCUT2D eigenvalue weighted by Crippen LogP contribution is -2.31. The Labute approximate surface area is 87.3 Å². The molecule has 0 aliphatic carbocycles. The van der Waals surface area contributed by atoms with Crippen molar-refractivity contribution < 1.29 is 9.53 Å². The zero-order valence-electron chi connectivity index (χ0n) is 7.88. The predicted octanol–water partition coefficient (Wildman–Crippen LogP) is 1.31. The van der Waals surface area contributed by atoms with E-state index in [0.29, 0.717) is 6.61 Å². The van der Waals surface area contributed by atoms with Crippen molar-refractivity contribution in [1.82, 2.24) is 5.32 Å². The van der Waals surface area contributed by atoms with E-state index in [-0.39, 0.29) is 17.9 Å². The SMILES string of the molecule is CC1CC(C(=O)NCCCBr)CO1. The van der Waals surface area contributed by atoms with Crippen molar-refractivity contribution in [3.05, 3.63) is 0 Å². The van der Waals surface area contributed by atoms with E-state index in [4.69, 9.17) is 4.74 Å². The summed E-state index contributed by atoms with van der Waals surface area (Å²) in [5.41, 5.74) is 0. The van der Waals surface area contributed by atoms with Crippen molar-refractivity contribution in [2.24, 2.45) is 5.92 Å². The summed E-state index contributed by atoms with van der Waals surface area (Å²) in [6, 6.07) is 0. The Morgan fingerprint density at radius 2 is 2.46 bits per heavy atom. The summed E-state index contributed by atoms with van der Waals surface area (Å²) in [7, 11) is 0. The Bertz CT molecular complexity index is 175. The van der Waals surface area contributed by atoms with Crippen molar-refractivity contribution in [2.45, 2.75) is 25.9 Å². The van der Waals surface area contributed by atoms with Gasteiger partial charge in [0.25, 0.3) is 0 Å². The Hall–Kier alpha value is -0.0900. The highest BCUT2D eigenvalue weighted by Crippen LogP contribution is 2.18. The van der Waals surface area contributed by atoms with E-state index in [2.05, 4.69) is 21.2 Å². The molecule has 1 saturated heterocycles. The molecule has 0 aromatic carbocycles. The smallest absolute Gasteiger partial charge is 0.225 e. The molecule has 1 amide bonds. The van der Waals surface area contributed by atoms with Crippen LogP contribution < -0.4 is 5.32 Å². The third kappa shape index (κ3) is 3.65. The Balaban J connectivity index is 2.16. The maximum atomic E-state index is 11.5. The van der Waals surface area contributed by atoms with Crippen LogP contribution in [-0.4, -0.2) is 30.5 Å². The number of hydrogen-bond donors (Lipinski definition) is 1. The fraction of sp³-hybridized carbons (Fsp3) is 0.889. The minimum Gasteiger partial charge on any atom is -0.378 e. The molecule has 1 heterocycles. The first kappa shape index (κ1) is 11.0. The molecule has 3 nitrogen and oxygen atoms in total. The first-order valence-electron chi connectivity index (χ1n) is 4.69. The number of halogens is 1. The van der Waals surface area contributed by atoms with Crippen LogP contribution in [0.1, 0.15) is 19.8 Å². The molecular formula is C9H16BrNO2. The number of hydrogen-bond acceptors (Lipinski definition) is 2. The molecule has 13 heavy (non-hydrogen) atoms. The van der Waals surface area contributed by atoms with Crippen molar-refractivity contribution >= 4 is 21.8 Å². The number of nitrogens with one attached hydrogen (secondary N) is 1. The third-order valence-corrected chi connectivity index (χ3v) is 2.74. The summed E-state index contributed by atoms with van der Waals surface area (Å²) >= 11 is 3.32. The fourth-order valence-electron chi connectivity index (χ4n) is 1.42. The monoisotopic (exact) mass is 249 g/mol.